The molecule has 0 heterocycles. The smallest absolute Gasteiger partial charge is 0.340 e. The number of carbonyl (C=O) groups is 3. The zero-order valence-electron chi connectivity index (χ0n) is 16.2. The predicted octanol–water partition coefficient (Wildman–Crippen LogP) is 3.82. The van der Waals surface area contributed by atoms with Gasteiger partial charge in [-0.1, -0.05) is 36.7 Å². The summed E-state index contributed by atoms with van der Waals surface area (Å²) in [7, 11) is 0. The van der Waals surface area contributed by atoms with Crippen LogP contribution in [-0.4, -0.2) is 42.4 Å². The molecular formula is C21H22ClFN2O4. The highest BCUT2D eigenvalue weighted by Gasteiger charge is 2.20. The second-order valence-corrected chi connectivity index (χ2v) is 6.79. The first-order valence-electron chi connectivity index (χ1n) is 9.07. The molecule has 0 bridgehead atoms. The van der Waals surface area contributed by atoms with Crippen molar-refractivity contribution in [2.75, 3.05) is 25.0 Å². The summed E-state index contributed by atoms with van der Waals surface area (Å²) in [4.78, 5) is 38.2. The van der Waals surface area contributed by atoms with Gasteiger partial charge >= 0.3 is 5.97 Å². The van der Waals surface area contributed by atoms with Crippen LogP contribution in [0.3, 0.4) is 0 Å². The predicted molar refractivity (Wildman–Crippen MR) is 108 cm³/mol. The van der Waals surface area contributed by atoms with Crippen LogP contribution in [-0.2, 0) is 14.3 Å². The minimum absolute atomic E-state index is 0.0415. The van der Waals surface area contributed by atoms with E-state index in [2.05, 4.69) is 5.32 Å². The molecule has 29 heavy (non-hydrogen) atoms. The Morgan fingerprint density at radius 1 is 1.17 bits per heavy atom. The number of hydrogen-bond acceptors (Lipinski definition) is 4. The van der Waals surface area contributed by atoms with Gasteiger partial charge in [0.1, 0.15) is 5.82 Å². The Balaban J connectivity index is 1.95. The average Bonchev–Trinajstić information content (AvgIpc) is 2.67. The molecule has 2 aromatic carbocycles. The molecule has 154 valence electrons. The normalized spacial score (nSPS) is 10.3. The molecule has 0 atom stereocenters. The van der Waals surface area contributed by atoms with Crippen LogP contribution in [0.4, 0.5) is 10.1 Å². The van der Waals surface area contributed by atoms with E-state index in [1.54, 1.807) is 12.1 Å². The van der Waals surface area contributed by atoms with Crippen molar-refractivity contribution in [3.8, 4) is 0 Å². The Labute approximate surface area is 173 Å². The lowest BCUT2D eigenvalue weighted by molar-refractivity contribution is -0.137. The van der Waals surface area contributed by atoms with Gasteiger partial charge in [0, 0.05) is 12.2 Å². The van der Waals surface area contributed by atoms with E-state index in [1.165, 1.54) is 11.0 Å². The van der Waals surface area contributed by atoms with Gasteiger partial charge in [0.2, 0.25) is 5.91 Å². The van der Waals surface area contributed by atoms with Gasteiger partial charge in [-0.05, 0) is 43.2 Å². The molecule has 0 aromatic heterocycles. The number of benzene rings is 2. The Kier molecular flexibility index (Phi) is 8.15. The standard InChI is InChI=1S/C21H22ClFN2O4/c1-3-10-25(12-19(26)24-18-7-5-4-6-14(18)2)20(27)13-29-21(28)16-9-8-15(23)11-17(16)22/h4-9,11H,3,10,12-13H2,1-2H3,(H,24,26). The van der Waals surface area contributed by atoms with Crippen molar-refractivity contribution in [1.29, 1.82) is 0 Å². The molecule has 2 amide bonds. The maximum Gasteiger partial charge on any atom is 0.340 e. The molecule has 0 fully saturated rings. The van der Waals surface area contributed by atoms with Crippen LogP contribution in [0, 0.1) is 12.7 Å². The molecule has 0 radical (unpaired) electrons. The molecule has 2 rings (SSSR count). The lowest BCUT2D eigenvalue weighted by Gasteiger charge is -2.21. The number of esters is 1. The minimum Gasteiger partial charge on any atom is -0.452 e. The summed E-state index contributed by atoms with van der Waals surface area (Å²) in [6, 6.07) is 10.5. The first-order chi connectivity index (χ1) is 13.8. The van der Waals surface area contributed by atoms with E-state index >= 15 is 0 Å². The van der Waals surface area contributed by atoms with Crippen molar-refractivity contribution >= 4 is 35.1 Å². The van der Waals surface area contributed by atoms with E-state index < -0.39 is 24.3 Å². The summed E-state index contributed by atoms with van der Waals surface area (Å²) in [6.07, 6.45) is 0.626. The van der Waals surface area contributed by atoms with Crippen LogP contribution in [0.25, 0.3) is 0 Å². The van der Waals surface area contributed by atoms with E-state index in [-0.39, 0.29) is 23.0 Å². The van der Waals surface area contributed by atoms with Crippen LogP contribution in [0.15, 0.2) is 42.5 Å². The first-order valence-corrected chi connectivity index (χ1v) is 9.45. The Morgan fingerprint density at radius 3 is 2.55 bits per heavy atom. The van der Waals surface area contributed by atoms with Crippen molar-refractivity contribution in [2.24, 2.45) is 0 Å². The van der Waals surface area contributed by atoms with Crippen LogP contribution in [0.5, 0.6) is 0 Å². The highest BCUT2D eigenvalue weighted by molar-refractivity contribution is 6.33. The number of carbonyl (C=O) groups excluding carboxylic acids is 3. The van der Waals surface area contributed by atoms with Crippen LogP contribution >= 0.6 is 11.6 Å². The molecule has 0 aliphatic carbocycles. The summed E-state index contributed by atoms with van der Waals surface area (Å²) in [5, 5.41) is 2.66. The van der Waals surface area contributed by atoms with Crippen molar-refractivity contribution in [2.45, 2.75) is 20.3 Å². The second kappa shape index (κ2) is 10.6. The SMILES string of the molecule is CCCN(CC(=O)Nc1ccccc1C)C(=O)COC(=O)c1ccc(F)cc1Cl. The molecule has 0 unspecified atom stereocenters. The summed E-state index contributed by atoms with van der Waals surface area (Å²) in [5.74, 6) is -2.30. The number of anilines is 1. The van der Waals surface area contributed by atoms with Gasteiger partial charge in [-0.2, -0.15) is 0 Å². The lowest BCUT2D eigenvalue weighted by Crippen LogP contribution is -2.40. The van der Waals surface area contributed by atoms with E-state index in [9.17, 15) is 18.8 Å². The van der Waals surface area contributed by atoms with Crippen molar-refractivity contribution in [3.05, 3.63) is 64.4 Å². The highest BCUT2D eigenvalue weighted by atomic mass is 35.5. The molecule has 0 saturated heterocycles. The zero-order valence-corrected chi connectivity index (χ0v) is 17.0. The first kappa shape index (κ1) is 22.4. The third kappa shape index (κ3) is 6.57. The number of amides is 2. The van der Waals surface area contributed by atoms with Crippen LogP contribution < -0.4 is 5.32 Å². The number of para-hydroxylation sites is 1. The molecule has 0 aliphatic heterocycles. The average molecular weight is 421 g/mol. The number of nitrogens with one attached hydrogen (secondary N) is 1. The fraction of sp³-hybridized carbons (Fsp3) is 0.286. The molecule has 0 spiro atoms. The fourth-order valence-electron chi connectivity index (χ4n) is 2.59. The maximum absolute atomic E-state index is 13.1. The summed E-state index contributed by atoms with van der Waals surface area (Å²) >= 11 is 5.82. The Bertz CT molecular complexity index is 904. The summed E-state index contributed by atoms with van der Waals surface area (Å²) in [6.45, 7) is 3.34. The number of aryl methyl sites for hydroxylation is 1. The number of ether oxygens (including phenoxy) is 1. The van der Waals surface area contributed by atoms with Gasteiger partial charge in [-0.3, -0.25) is 9.59 Å². The third-order valence-electron chi connectivity index (χ3n) is 4.08. The molecule has 6 nitrogen and oxygen atoms in total. The fourth-order valence-corrected chi connectivity index (χ4v) is 2.83. The molecular weight excluding hydrogens is 399 g/mol. The van der Waals surface area contributed by atoms with Crippen molar-refractivity contribution in [1.82, 2.24) is 4.90 Å². The molecule has 2 aromatic rings. The number of hydrogen-bond donors (Lipinski definition) is 1. The van der Waals surface area contributed by atoms with E-state index in [4.69, 9.17) is 16.3 Å². The van der Waals surface area contributed by atoms with Crippen molar-refractivity contribution < 1.29 is 23.5 Å². The maximum atomic E-state index is 13.1. The minimum atomic E-state index is -0.843. The van der Waals surface area contributed by atoms with Gasteiger partial charge in [0.05, 0.1) is 17.1 Å². The summed E-state index contributed by atoms with van der Waals surface area (Å²) < 4.78 is 18.1. The van der Waals surface area contributed by atoms with Gasteiger partial charge in [0.25, 0.3) is 5.91 Å². The van der Waals surface area contributed by atoms with Crippen molar-refractivity contribution in [3.63, 3.8) is 0 Å². The number of nitrogens with zero attached hydrogens (tertiary/aromatic N) is 1. The molecule has 8 heteroatoms. The molecule has 1 N–H and O–H groups in total. The van der Waals surface area contributed by atoms with Crippen LogP contribution in [0.2, 0.25) is 5.02 Å². The highest BCUT2D eigenvalue weighted by Crippen LogP contribution is 2.18. The largest absolute Gasteiger partial charge is 0.452 e. The van der Waals surface area contributed by atoms with Gasteiger partial charge in [-0.15, -0.1) is 0 Å². The van der Waals surface area contributed by atoms with Gasteiger partial charge in [0.15, 0.2) is 6.61 Å². The van der Waals surface area contributed by atoms with Gasteiger partial charge < -0.3 is 15.0 Å². The Morgan fingerprint density at radius 2 is 1.90 bits per heavy atom. The topological polar surface area (TPSA) is 75.7 Å². The molecule has 0 saturated carbocycles. The van der Waals surface area contributed by atoms with E-state index in [1.807, 2.05) is 26.0 Å². The van der Waals surface area contributed by atoms with E-state index in [0.717, 1.165) is 17.7 Å². The third-order valence-corrected chi connectivity index (χ3v) is 4.39. The lowest BCUT2D eigenvalue weighted by atomic mass is 10.2. The number of halogens is 2. The van der Waals surface area contributed by atoms with E-state index in [0.29, 0.717) is 18.7 Å². The Hall–Kier alpha value is -2.93. The zero-order chi connectivity index (χ0) is 21.4. The second-order valence-electron chi connectivity index (χ2n) is 6.38. The van der Waals surface area contributed by atoms with Crippen LogP contribution in [0.1, 0.15) is 29.3 Å². The molecule has 0 aliphatic rings. The monoisotopic (exact) mass is 420 g/mol. The van der Waals surface area contributed by atoms with Gasteiger partial charge in [-0.25, -0.2) is 9.18 Å². The quantitative estimate of drug-likeness (QED) is 0.659. The number of rotatable bonds is 8. The summed E-state index contributed by atoms with van der Waals surface area (Å²) in [5.41, 5.74) is 1.53.